The Morgan fingerprint density at radius 1 is 1.33 bits per heavy atom. The van der Waals surface area contributed by atoms with Gasteiger partial charge in [-0.05, 0) is 25.7 Å². The van der Waals surface area contributed by atoms with Crippen molar-refractivity contribution in [3.63, 3.8) is 0 Å². The molecule has 1 N–H and O–H groups in total. The van der Waals surface area contributed by atoms with Crippen molar-refractivity contribution in [2.75, 3.05) is 11.6 Å². The molecule has 1 amide bonds. The number of sulfone groups is 1. The van der Waals surface area contributed by atoms with E-state index in [4.69, 9.17) is 11.6 Å². The normalized spacial score (nSPS) is 23.6. The van der Waals surface area contributed by atoms with Gasteiger partial charge in [0.1, 0.15) is 5.25 Å². The molecule has 1 saturated heterocycles. The van der Waals surface area contributed by atoms with Crippen molar-refractivity contribution in [2.24, 2.45) is 0 Å². The molecule has 0 spiro atoms. The summed E-state index contributed by atoms with van der Waals surface area (Å²) in [4.78, 5) is 12.2. The van der Waals surface area contributed by atoms with E-state index in [1.165, 1.54) is 0 Å². The summed E-state index contributed by atoms with van der Waals surface area (Å²) in [5.41, 5.74) is -0.481. The molecule has 18 heavy (non-hydrogen) atoms. The van der Waals surface area contributed by atoms with E-state index in [0.29, 0.717) is 31.6 Å². The molecule has 0 radical (unpaired) electrons. The smallest absolute Gasteiger partial charge is 0.238 e. The average Bonchev–Trinajstić information content (AvgIpc) is 2.35. The van der Waals surface area contributed by atoms with Gasteiger partial charge >= 0.3 is 0 Å². The predicted octanol–water partition coefficient (Wildman–Crippen LogP) is 1.87. The van der Waals surface area contributed by atoms with E-state index in [2.05, 4.69) is 5.32 Å². The molecule has 1 rings (SSSR count). The zero-order valence-electron chi connectivity index (χ0n) is 11.0. The number of rotatable bonds is 5. The average molecular weight is 296 g/mol. The highest BCUT2D eigenvalue weighted by molar-refractivity contribution is 7.92. The number of alkyl halides is 1. The Balaban J connectivity index is 2.81. The molecular formula is C12H22ClNO3S. The summed E-state index contributed by atoms with van der Waals surface area (Å²) >= 11 is 5.91. The van der Waals surface area contributed by atoms with E-state index in [1.54, 1.807) is 0 Å². The molecule has 0 aliphatic carbocycles. The highest BCUT2D eigenvalue weighted by Gasteiger charge is 2.38. The van der Waals surface area contributed by atoms with Crippen LogP contribution in [0.15, 0.2) is 0 Å². The maximum absolute atomic E-state index is 12.2. The molecule has 1 aliphatic rings. The lowest BCUT2D eigenvalue weighted by Gasteiger charge is -2.33. The van der Waals surface area contributed by atoms with Crippen LogP contribution in [-0.2, 0) is 14.6 Å². The fourth-order valence-corrected chi connectivity index (χ4v) is 4.49. The van der Waals surface area contributed by atoms with Crippen molar-refractivity contribution in [1.29, 1.82) is 0 Å². The van der Waals surface area contributed by atoms with Crippen molar-refractivity contribution in [3.8, 4) is 0 Å². The zero-order chi connectivity index (χ0) is 13.8. The summed E-state index contributed by atoms with van der Waals surface area (Å²) in [5.74, 6) is 0.0504. The van der Waals surface area contributed by atoms with E-state index in [9.17, 15) is 13.2 Å². The Kier molecular flexibility index (Phi) is 5.46. The fraction of sp³-hybridized carbons (Fsp3) is 0.917. The second-order valence-corrected chi connectivity index (χ2v) is 7.53. The van der Waals surface area contributed by atoms with Crippen LogP contribution in [0.3, 0.4) is 0 Å². The summed E-state index contributed by atoms with van der Waals surface area (Å²) < 4.78 is 23.8. The van der Waals surface area contributed by atoms with Gasteiger partial charge in [-0.1, -0.05) is 20.3 Å². The largest absolute Gasteiger partial charge is 0.348 e. The van der Waals surface area contributed by atoms with Crippen LogP contribution >= 0.6 is 11.6 Å². The number of hydrogen-bond donors (Lipinski definition) is 1. The van der Waals surface area contributed by atoms with Crippen molar-refractivity contribution >= 4 is 27.3 Å². The highest BCUT2D eigenvalue weighted by Crippen LogP contribution is 2.23. The van der Waals surface area contributed by atoms with Gasteiger partial charge < -0.3 is 5.32 Å². The van der Waals surface area contributed by atoms with Gasteiger partial charge in [0.25, 0.3) is 0 Å². The van der Waals surface area contributed by atoms with Gasteiger partial charge in [-0.15, -0.1) is 11.6 Å². The number of nitrogens with one attached hydrogen (secondary N) is 1. The zero-order valence-corrected chi connectivity index (χ0v) is 12.6. The van der Waals surface area contributed by atoms with Crippen LogP contribution in [0.5, 0.6) is 0 Å². The first-order valence-electron chi connectivity index (χ1n) is 6.50. The fourth-order valence-electron chi connectivity index (χ4n) is 2.24. The standard InChI is InChI=1S/C12H22ClNO3S/c1-3-12(4-2,9-13)14-11(15)10-7-5-6-8-18(10,16)17/h10H,3-9H2,1-2H3,(H,14,15). The minimum Gasteiger partial charge on any atom is -0.348 e. The van der Waals surface area contributed by atoms with E-state index in [0.717, 1.165) is 6.42 Å². The SMILES string of the molecule is CCC(CC)(CCl)NC(=O)C1CCCCS1(=O)=O. The number of halogens is 1. The number of hydrogen-bond acceptors (Lipinski definition) is 3. The monoisotopic (exact) mass is 295 g/mol. The van der Waals surface area contributed by atoms with E-state index < -0.39 is 20.6 Å². The Labute approximate surface area is 114 Å². The van der Waals surface area contributed by atoms with Gasteiger partial charge in [-0.2, -0.15) is 0 Å². The predicted molar refractivity (Wildman–Crippen MR) is 73.6 cm³/mol. The Morgan fingerprint density at radius 2 is 1.94 bits per heavy atom. The Bertz CT molecular complexity index is 382. The van der Waals surface area contributed by atoms with Crippen LogP contribution in [0.1, 0.15) is 46.0 Å². The lowest BCUT2D eigenvalue weighted by atomic mass is 9.95. The van der Waals surface area contributed by atoms with Crippen LogP contribution in [0.25, 0.3) is 0 Å². The summed E-state index contributed by atoms with van der Waals surface area (Å²) in [6, 6.07) is 0. The maximum atomic E-state index is 12.2. The van der Waals surface area contributed by atoms with Gasteiger partial charge in [0.15, 0.2) is 9.84 Å². The molecule has 6 heteroatoms. The molecule has 0 aromatic rings. The summed E-state index contributed by atoms with van der Waals surface area (Å²) in [7, 11) is -3.27. The van der Waals surface area contributed by atoms with Gasteiger partial charge in [0, 0.05) is 5.88 Å². The topological polar surface area (TPSA) is 63.2 Å². The van der Waals surface area contributed by atoms with E-state index in [1.807, 2.05) is 13.8 Å². The maximum Gasteiger partial charge on any atom is 0.238 e. The molecule has 0 bridgehead atoms. The lowest BCUT2D eigenvalue weighted by Crippen LogP contribution is -2.54. The second-order valence-electron chi connectivity index (χ2n) is 4.96. The van der Waals surface area contributed by atoms with Crippen LogP contribution in [-0.4, -0.2) is 36.7 Å². The van der Waals surface area contributed by atoms with Crippen molar-refractivity contribution in [3.05, 3.63) is 0 Å². The molecule has 0 saturated carbocycles. The lowest BCUT2D eigenvalue weighted by molar-refractivity contribution is -0.122. The molecule has 0 aromatic carbocycles. The summed E-state index contributed by atoms with van der Waals surface area (Å²) in [5, 5.41) is 1.97. The van der Waals surface area contributed by atoms with Crippen LogP contribution in [0, 0.1) is 0 Å². The van der Waals surface area contributed by atoms with Gasteiger partial charge in [0.05, 0.1) is 11.3 Å². The molecule has 1 atom stereocenters. The third kappa shape index (κ3) is 3.38. The van der Waals surface area contributed by atoms with E-state index >= 15 is 0 Å². The Hall–Kier alpha value is -0.290. The number of carbonyl (C=O) groups is 1. The molecule has 4 nitrogen and oxygen atoms in total. The molecule has 1 unspecified atom stereocenters. The van der Waals surface area contributed by atoms with Crippen molar-refractivity contribution in [2.45, 2.75) is 56.7 Å². The molecular weight excluding hydrogens is 274 g/mol. The molecule has 0 aromatic heterocycles. The summed E-state index contributed by atoms with van der Waals surface area (Å²) in [6.45, 7) is 3.89. The molecule has 1 fully saturated rings. The van der Waals surface area contributed by atoms with Crippen LogP contribution in [0.2, 0.25) is 0 Å². The summed E-state index contributed by atoms with van der Waals surface area (Å²) in [6.07, 6.45) is 3.29. The third-order valence-electron chi connectivity index (χ3n) is 3.87. The van der Waals surface area contributed by atoms with Crippen LogP contribution in [0.4, 0.5) is 0 Å². The number of amides is 1. The molecule has 1 heterocycles. The third-order valence-corrected chi connectivity index (χ3v) is 6.55. The highest BCUT2D eigenvalue weighted by atomic mass is 35.5. The number of carbonyl (C=O) groups excluding carboxylic acids is 1. The quantitative estimate of drug-likeness (QED) is 0.788. The minimum absolute atomic E-state index is 0.122. The van der Waals surface area contributed by atoms with Crippen molar-refractivity contribution < 1.29 is 13.2 Å². The van der Waals surface area contributed by atoms with Gasteiger partial charge in [-0.3, -0.25) is 4.79 Å². The molecule has 1 aliphatic heterocycles. The second kappa shape index (κ2) is 6.24. The first kappa shape index (κ1) is 15.8. The molecule has 106 valence electrons. The van der Waals surface area contributed by atoms with Crippen LogP contribution < -0.4 is 5.32 Å². The van der Waals surface area contributed by atoms with Gasteiger partial charge in [-0.25, -0.2) is 8.42 Å². The minimum atomic E-state index is -3.27. The Morgan fingerprint density at radius 3 is 2.39 bits per heavy atom. The van der Waals surface area contributed by atoms with Gasteiger partial charge in [0.2, 0.25) is 5.91 Å². The van der Waals surface area contributed by atoms with E-state index in [-0.39, 0.29) is 11.7 Å². The van der Waals surface area contributed by atoms with Crippen molar-refractivity contribution in [1.82, 2.24) is 5.32 Å². The first-order valence-corrected chi connectivity index (χ1v) is 8.75. The first-order chi connectivity index (χ1) is 8.40.